The van der Waals surface area contributed by atoms with Crippen molar-refractivity contribution in [2.75, 3.05) is 32.8 Å². The Kier molecular flexibility index (Phi) is 8.59. The maximum absolute atomic E-state index is 11.0. The predicted molar refractivity (Wildman–Crippen MR) is 177 cm³/mol. The Morgan fingerprint density at radius 1 is 1.02 bits per heavy atom. The number of fused-ring (bicyclic) bond motifs is 2. The fourth-order valence-electron chi connectivity index (χ4n) is 6.76. The summed E-state index contributed by atoms with van der Waals surface area (Å²) in [7, 11) is 5.29. The Labute approximate surface area is 272 Å². The van der Waals surface area contributed by atoms with Crippen molar-refractivity contribution in [1.82, 2.24) is 19.5 Å². The molecule has 46 heavy (non-hydrogen) atoms. The molecule has 1 aliphatic carbocycles. The van der Waals surface area contributed by atoms with Gasteiger partial charge in [-0.3, -0.25) is 0 Å². The summed E-state index contributed by atoms with van der Waals surface area (Å²) in [6.45, 7) is 0.807. The van der Waals surface area contributed by atoms with E-state index in [1.54, 1.807) is 14.2 Å². The first-order valence-corrected chi connectivity index (χ1v) is 16.1. The minimum atomic E-state index is -0.691. The van der Waals surface area contributed by atoms with Gasteiger partial charge in [-0.2, -0.15) is 0 Å². The maximum atomic E-state index is 11.0. The first-order valence-electron chi connectivity index (χ1n) is 15.7. The molecular formula is C35H38ClN5O5. The number of rotatable bonds is 10. The van der Waals surface area contributed by atoms with Gasteiger partial charge in [0.1, 0.15) is 59.1 Å². The predicted octanol–water partition coefficient (Wildman–Crippen LogP) is 6.67. The summed E-state index contributed by atoms with van der Waals surface area (Å²) >= 11 is 6.57. The molecule has 1 saturated carbocycles. The molecule has 1 N–H and O–H groups in total. The SMILES string of the molecule is COc1ccc(CN(C)c2ccc3ccc(OC[C@H]4O[C@@H](n5cc(C6CCCC6)c6c(Cl)ncnc65)C[C@@H]4O)cc3n2)c(OC)c1. The number of methoxy groups -OCH3 is 2. The number of pyridine rings is 1. The second-order valence-electron chi connectivity index (χ2n) is 12.1. The number of aliphatic hydroxyl groups excluding tert-OH is 1. The summed E-state index contributed by atoms with van der Waals surface area (Å²) in [5.41, 5.74) is 3.75. The van der Waals surface area contributed by atoms with Crippen molar-refractivity contribution in [1.29, 1.82) is 0 Å². The van der Waals surface area contributed by atoms with Gasteiger partial charge in [-0.15, -0.1) is 0 Å². The number of hydrogen-bond donors (Lipinski definition) is 1. The molecule has 0 bridgehead atoms. The average Bonchev–Trinajstić information content (AvgIpc) is 3.83. The van der Waals surface area contributed by atoms with E-state index in [0.717, 1.165) is 57.7 Å². The summed E-state index contributed by atoms with van der Waals surface area (Å²) in [6, 6.07) is 15.7. The molecule has 11 heteroatoms. The second kappa shape index (κ2) is 12.9. The molecule has 0 amide bonds. The van der Waals surface area contributed by atoms with Gasteiger partial charge in [-0.05, 0) is 60.7 Å². The fourth-order valence-corrected chi connectivity index (χ4v) is 7.00. The molecule has 3 atom stereocenters. The van der Waals surface area contributed by atoms with Gasteiger partial charge in [0.2, 0.25) is 0 Å². The molecule has 5 aromatic rings. The van der Waals surface area contributed by atoms with Crippen LogP contribution in [0.5, 0.6) is 17.2 Å². The maximum Gasteiger partial charge on any atom is 0.147 e. The second-order valence-corrected chi connectivity index (χ2v) is 12.5. The summed E-state index contributed by atoms with van der Waals surface area (Å²) < 4.78 is 25.5. The van der Waals surface area contributed by atoms with E-state index >= 15 is 0 Å². The molecule has 10 nitrogen and oxygen atoms in total. The largest absolute Gasteiger partial charge is 0.497 e. The minimum absolute atomic E-state index is 0.199. The lowest BCUT2D eigenvalue weighted by Crippen LogP contribution is -2.28. The lowest BCUT2D eigenvalue weighted by molar-refractivity contribution is -0.0379. The van der Waals surface area contributed by atoms with Crippen LogP contribution in [0.2, 0.25) is 5.15 Å². The fraction of sp³-hybridized carbons (Fsp3) is 0.400. The minimum Gasteiger partial charge on any atom is -0.497 e. The third-order valence-electron chi connectivity index (χ3n) is 9.26. The Bertz CT molecular complexity index is 1860. The zero-order valence-electron chi connectivity index (χ0n) is 26.2. The third kappa shape index (κ3) is 5.92. The van der Waals surface area contributed by atoms with Gasteiger partial charge in [-0.25, -0.2) is 15.0 Å². The highest BCUT2D eigenvalue weighted by atomic mass is 35.5. The molecule has 0 unspecified atom stereocenters. The van der Waals surface area contributed by atoms with Crippen LogP contribution < -0.4 is 19.1 Å². The molecule has 4 heterocycles. The number of anilines is 1. The smallest absolute Gasteiger partial charge is 0.147 e. The highest BCUT2D eigenvalue weighted by molar-refractivity contribution is 6.34. The van der Waals surface area contributed by atoms with Gasteiger partial charge < -0.3 is 33.5 Å². The third-order valence-corrected chi connectivity index (χ3v) is 9.54. The highest BCUT2D eigenvalue weighted by Gasteiger charge is 2.37. The quantitative estimate of drug-likeness (QED) is 0.167. The first-order chi connectivity index (χ1) is 22.4. The number of ether oxygens (including phenoxy) is 4. The summed E-state index contributed by atoms with van der Waals surface area (Å²) in [5, 5.41) is 13.3. The van der Waals surface area contributed by atoms with Crippen LogP contribution in [0.15, 0.2) is 61.1 Å². The Morgan fingerprint density at radius 2 is 1.83 bits per heavy atom. The summed E-state index contributed by atoms with van der Waals surface area (Å²) in [6.07, 6.45) is 7.12. The molecule has 2 aromatic carbocycles. The first kappa shape index (κ1) is 30.5. The molecule has 2 aliphatic rings. The molecule has 0 spiro atoms. The summed E-state index contributed by atoms with van der Waals surface area (Å²) in [4.78, 5) is 15.8. The monoisotopic (exact) mass is 643 g/mol. The molecule has 0 radical (unpaired) electrons. The molecule has 1 saturated heterocycles. The van der Waals surface area contributed by atoms with Gasteiger partial charge in [0.25, 0.3) is 0 Å². The van der Waals surface area contributed by atoms with Gasteiger partial charge in [0.05, 0.1) is 31.2 Å². The van der Waals surface area contributed by atoms with Crippen molar-refractivity contribution in [3.8, 4) is 17.2 Å². The Hall–Kier alpha value is -4.12. The van der Waals surface area contributed by atoms with E-state index in [-0.39, 0.29) is 12.8 Å². The molecule has 2 fully saturated rings. The van der Waals surface area contributed by atoms with Gasteiger partial charge in [0, 0.05) is 49.3 Å². The van der Waals surface area contributed by atoms with Crippen molar-refractivity contribution < 1.29 is 24.1 Å². The molecule has 3 aromatic heterocycles. The van der Waals surface area contributed by atoms with E-state index in [2.05, 4.69) is 27.1 Å². The van der Waals surface area contributed by atoms with Gasteiger partial charge >= 0.3 is 0 Å². The van der Waals surface area contributed by atoms with Crippen LogP contribution in [0.4, 0.5) is 5.82 Å². The van der Waals surface area contributed by atoms with Crippen molar-refractivity contribution in [3.05, 3.63) is 77.3 Å². The van der Waals surface area contributed by atoms with Gasteiger partial charge in [-0.1, -0.05) is 24.4 Å². The normalized spacial score (nSPS) is 20.1. The molecule has 1 aliphatic heterocycles. The van der Waals surface area contributed by atoms with Crippen molar-refractivity contribution in [2.45, 2.75) is 63.0 Å². The van der Waals surface area contributed by atoms with Crippen LogP contribution in [0.25, 0.3) is 21.9 Å². The van der Waals surface area contributed by atoms with Crippen LogP contribution in [-0.2, 0) is 11.3 Å². The zero-order valence-corrected chi connectivity index (χ0v) is 27.0. The van der Waals surface area contributed by atoms with Crippen LogP contribution in [0, 0.1) is 0 Å². The topological polar surface area (TPSA) is 104 Å². The van der Waals surface area contributed by atoms with E-state index in [1.165, 1.54) is 24.7 Å². The number of benzene rings is 2. The highest BCUT2D eigenvalue weighted by Crippen LogP contribution is 2.42. The zero-order chi connectivity index (χ0) is 31.8. The van der Waals surface area contributed by atoms with Crippen molar-refractivity contribution in [3.63, 3.8) is 0 Å². The van der Waals surface area contributed by atoms with E-state index < -0.39 is 12.2 Å². The number of nitrogens with zero attached hydrogens (tertiary/aromatic N) is 5. The lowest BCUT2D eigenvalue weighted by atomic mass is 9.98. The number of hydrogen-bond acceptors (Lipinski definition) is 9. The van der Waals surface area contributed by atoms with Crippen LogP contribution in [0.1, 0.15) is 55.4 Å². The van der Waals surface area contributed by atoms with Crippen molar-refractivity contribution >= 4 is 39.4 Å². The summed E-state index contributed by atoms with van der Waals surface area (Å²) in [5.74, 6) is 3.42. The van der Waals surface area contributed by atoms with Gasteiger partial charge in [0.15, 0.2) is 0 Å². The van der Waals surface area contributed by atoms with E-state index in [1.807, 2.05) is 54.1 Å². The standard InChI is InChI=1S/C35H38ClN5O5/c1-40(17-23-9-11-24(43-2)15-29(23)44-3)31-13-10-22-8-12-25(14-27(22)39-31)45-19-30-28(42)16-32(46-30)41-18-26(21-6-4-5-7-21)33-34(36)37-20-38-35(33)41/h8-15,18,20-21,28,30,32,42H,4-7,16-17,19H2,1-3H3/t28-,30+,32+/m0/s1. The Balaban J connectivity index is 1.04. The van der Waals surface area contributed by atoms with E-state index in [4.69, 9.17) is 35.5 Å². The molecular weight excluding hydrogens is 606 g/mol. The number of aliphatic hydroxyl groups is 1. The number of halogens is 1. The van der Waals surface area contributed by atoms with E-state index in [0.29, 0.717) is 29.8 Å². The van der Waals surface area contributed by atoms with E-state index in [9.17, 15) is 5.11 Å². The number of aromatic nitrogens is 4. The van der Waals surface area contributed by atoms with Crippen LogP contribution in [0.3, 0.4) is 0 Å². The molecule has 7 rings (SSSR count). The molecule has 240 valence electrons. The Morgan fingerprint density at radius 3 is 2.63 bits per heavy atom. The van der Waals surface area contributed by atoms with Crippen molar-refractivity contribution in [2.24, 2.45) is 0 Å². The van der Waals surface area contributed by atoms with Crippen LogP contribution >= 0.6 is 11.6 Å². The average molecular weight is 644 g/mol. The lowest BCUT2D eigenvalue weighted by Gasteiger charge is -2.21. The van der Waals surface area contributed by atoms with Crippen LogP contribution in [-0.4, -0.2) is 64.7 Å².